The summed E-state index contributed by atoms with van der Waals surface area (Å²) in [6, 6.07) is -0.282. The van der Waals surface area contributed by atoms with Crippen LogP contribution in [0, 0.1) is 6.92 Å². The number of nitrogens with zero attached hydrogens (tertiary/aromatic N) is 5. The molecule has 0 aromatic carbocycles. The van der Waals surface area contributed by atoms with Gasteiger partial charge in [-0.2, -0.15) is 4.98 Å². The Bertz CT molecular complexity index is 1070. The molecule has 2 aromatic heterocycles. The summed E-state index contributed by atoms with van der Waals surface area (Å²) >= 11 is 6.37. The van der Waals surface area contributed by atoms with Gasteiger partial charge in [0.05, 0.1) is 27.9 Å². The Morgan fingerprint density at radius 3 is 2.64 bits per heavy atom. The number of anilines is 1. The molecule has 0 amide bonds. The van der Waals surface area contributed by atoms with Gasteiger partial charge in [0, 0.05) is 26.7 Å². The second kappa shape index (κ2) is 5.39. The lowest BCUT2D eigenvalue weighted by Crippen LogP contribution is -2.54. The van der Waals surface area contributed by atoms with Crippen LogP contribution in [0.15, 0.2) is 9.69 Å². The number of aromatic nitrogens is 3. The zero-order chi connectivity index (χ0) is 18.1. The number of halogens is 1. The van der Waals surface area contributed by atoms with Gasteiger partial charge in [0.1, 0.15) is 16.4 Å². The molecule has 10 heteroatoms. The number of piperazine rings is 1. The van der Waals surface area contributed by atoms with Crippen molar-refractivity contribution in [3.8, 4) is 0 Å². The lowest BCUT2D eigenvalue weighted by Gasteiger charge is -2.39. The van der Waals surface area contributed by atoms with Gasteiger partial charge in [0.2, 0.25) is 0 Å². The number of sulfone groups is 1. The first kappa shape index (κ1) is 16.7. The lowest BCUT2D eigenvalue weighted by molar-refractivity contribution is 0.276. The zero-order valence-corrected chi connectivity index (χ0v) is 15.7. The van der Waals surface area contributed by atoms with Crippen LogP contribution in [0.1, 0.15) is 5.69 Å². The van der Waals surface area contributed by atoms with Gasteiger partial charge in [-0.3, -0.25) is 4.57 Å². The first-order chi connectivity index (χ1) is 11.7. The van der Waals surface area contributed by atoms with Gasteiger partial charge in [-0.1, -0.05) is 11.6 Å². The van der Waals surface area contributed by atoms with E-state index in [-0.39, 0.29) is 21.7 Å². The predicted molar refractivity (Wildman–Crippen MR) is 95.2 cm³/mol. The van der Waals surface area contributed by atoms with Crippen molar-refractivity contribution >= 4 is 38.3 Å². The highest BCUT2D eigenvalue weighted by Gasteiger charge is 2.39. The van der Waals surface area contributed by atoms with Gasteiger partial charge < -0.3 is 9.80 Å². The molecule has 4 heterocycles. The van der Waals surface area contributed by atoms with Crippen molar-refractivity contribution < 1.29 is 8.42 Å². The van der Waals surface area contributed by atoms with Gasteiger partial charge in [0.15, 0.2) is 9.84 Å². The minimum absolute atomic E-state index is 0.0480. The molecular weight excluding hydrogens is 366 g/mol. The minimum Gasteiger partial charge on any atom is -0.349 e. The molecule has 1 fully saturated rings. The predicted octanol–water partition coefficient (Wildman–Crippen LogP) is 0.198. The number of aryl methyl sites for hydroxylation is 2. The van der Waals surface area contributed by atoms with E-state index in [0.717, 1.165) is 6.54 Å². The van der Waals surface area contributed by atoms with Crippen LogP contribution in [0.25, 0.3) is 11.0 Å². The molecule has 8 nitrogen and oxygen atoms in total. The Morgan fingerprint density at radius 1 is 1.20 bits per heavy atom. The summed E-state index contributed by atoms with van der Waals surface area (Å²) in [5.74, 6) is 0.311. The fourth-order valence-electron chi connectivity index (χ4n) is 3.66. The van der Waals surface area contributed by atoms with Crippen molar-refractivity contribution in [3.63, 3.8) is 0 Å². The Morgan fingerprint density at radius 2 is 1.92 bits per heavy atom. The number of fused-ring (bicyclic) bond motifs is 2. The van der Waals surface area contributed by atoms with E-state index in [1.807, 2.05) is 11.9 Å². The molecule has 134 valence electrons. The molecule has 0 spiro atoms. The Labute approximate surface area is 149 Å². The maximum atomic E-state index is 13.1. The molecule has 0 bridgehead atoms. The van der Waals surface area contributed by atoms with Gasteiger partial charge in [0.25, 0.3) is 0 Å². The summed E-state index contributed by atoms with van der Waals surface area (Å²) in [7, 11) is -0.166. The Balaban J connectivity index is 2.19. The molecule has 1 unspecified atom stereocenters. The van der Waals surface area contributed by atoms with Crippen LogP contribution in [0.4, 0.5) is 5.82 Å². The topological polar surface area (TPSA) is 88.4 Å². The van der Waals surface area contributed by atoms with Crippen molar-refractivity contribution in [2.24, 2.45) is 7.05 Å². The number of likely N-dealkylation sites (N-methyl/N-ethyl adjacent to an activating group) is 1. The van der Waals surface area contributed by atoms with Crippen molar-refractivity contribution in [3.05, 3.63) is 21.2 Å². The van der Waals surface area contributed by atoms with Crippen LogP contribution in [0.5, 0.6) is 0 Å². The van der Waals surface area contributed by atoms with E-state index in [4.69, 9.17) is 11.6 Å². The summed E-state index contributed by atoms with van der Waals surface area (Å²) in [5.41, 5.74) is 0.228. The van der Waals surface area contributed by atoms with Crippen molar-refractivity contribution in [2.45, 2.75) is 17.9 Å². The van der Waals surface area contributed by atoms with Gasteiger partial charge in [-0.15, -0.1) is 0 Å². The van der Waals surface area contributed by atoms with E-state index in [1.54, 1.807) is 6.92 Å². The first-order valence-corrected chi connectivity index (χ1v) is 9.98. The molecule has 0 radical (unpaired) electrons. The van der Waals surface area contributed by atoms with Crippen LogP contribution < -0.4 is 10.6 Å². The van der Waals surface area contributed by atoms with E-state index in [0.29, 0.717) is 35.6 Å². The highest BCUT2D eigenvalue weighted by atomic mass is 35.5. The molecule has 25 heavy (non-hydrogen) atoms. The van der Waals surface area contributed by atoms with Gasteiger partial charge >= 0.3 is 5.69 Å². The number of rotatable bonds is 0. The molecule has 2 aliphatic heterocycles. The summed E-state index contributed by atoms with van der Waals surface area (Å²) < 4.78 is 27.6. The van der Waals surface area contributed by atoms with E-state index in [1.165, 1.54) is 11.6 Å². The number of pyridine rings is 1. The third-order valence-corrected chi connectivity index (χ3v) is 7.38. The number of hydrogen-bond donors (Lipinski definition) is 0. The second-order valence-corrected chi connectivity index (χ2v) is 9.06. The first-order valence-electron chi connectivity index (χ1n) is 7.95. The van der Waals surface area contributed by atoms with Gasteiger partial charge in [-0.25, -0.2) is 18.2 Å². The summed E-state index contributed by atoms with van der Waals surface area (Å²) in [4.78, 5) is 25.0. The molecule has 2 aromatic rings. The molecule has 2 aliphatic rings. The monoisotopic (exact) mass is 383 g/mol. The van der Waals surface area contributed by atoms with Crippen molar-refractivity contribution in [1.82, 2.24) is 19.4 Å². The Hall–Kier alpha value is -1.71. The maximum absolute atomic E-state index is 13.1. The molecule has 1 atom stereocenters. The standard InChI is InChI=1S/C15H18ClN5O3S/c1-8-11(16)12-10-13(17-8)20(3)15(22)18-14(10)21-5-4-19(2)6-9(21)7-25(12,23)24/h9H,4-7H2,1-3H3. The van der Waals surface area contributed by atoms with E-state index < -0.39 is 15.5 Å². The highest BCUT2D eigenvalue weighted by Crippen LogP contribution is 2.40. The maximum Gasteiger partial charge on any atom is 0.350 e. The summed E-state index contributed by atoms with van der Waals surface area (Å²) in [6.45, 7) is 3.58. The quantitative estimate of drug-likeness (QED) is 0.642. The highest BCUT2D eigenvalue weighted by molar-refractivity contribution is 7.91. The largest absolute Gasteiger partial charge is 0.350 e. The van der Waals surface area contributed by atoms with Crippen LogP contribution in [0.2, 0.25) is 5.02 Å². The Kier molecular flexibility index (Phi) is 3.61. The third kappa shape index (κ3) is 2.37. The lowest BCUT2D eigenvalue weighted by atomic mass is 10.1. The molecule has 0 N–H and O–H groups in total. The van der Waals surface area contributed by atoms with Gasteiger partial charge in [-0.05, 0) is 14.0 Å². The van der Waals surface area contributed by atoms with Crippen molar-refractivity contribution in [2.75, 3.05) is 37.3 Å². The normalized spacial score (nSPS) is 22.7. The SMILES string of the molecule is Cc1nc2c3c(nc(=O)n2C)N2CCN(C)CC2CS(=O)(=O)c3c1Cl. The molecule has 1 saturated heterocycles. The molecule has 0 saturated carbocycles. The van der Waals surface area contributed by atoms with E-state index >= 15 is 0 Å². The van der Waals surface area contributed by atoms with Crippen LogP contribution in [-0.2, 0) is 16.9 Å². The minimum atomic E-state index is -3.66. The fraction of sp³-hybridized carbons (Fsp3) is 0.533. The van der Waals surface area contributed by atoms with E-state index in [9.17, 15) is 13.2 Å². The smallest absolute Gasteiger partial charge is 0.349 e. The van der Waals surface area contributed by atoms with Crippen molar-refractivity contribution in [1.29, 1.82) is 0 Å². The zero-order valence-electron chi connectivity index (χ0n) is 14.2. The average molecular weight is 384 g/mol. The van der Waals surface area contributed by atoms with Crippen LogP contribution >= 0.6 is 11.6 Å². The average Bonchev–Trinajstić information content (AvgIpc) is 2.61. The third-order valence-electron chi connectivity index (χ3n) is 4.95. The van der Waals surface area contributed by atoms with E-state index in [2.05, 4.69) is 14.9 Å². The summed E-state index contributed by atoms with van der Waals surface area (Å²) in [6.07, 6.45) is 0. The van der Waals surface area contributed by atoms with Crippen LogP contribution in [0.3, 0.4) is 0 Å². The fourth-order valence-corrected chi connectivity index (χ4v) is 6.03. The molecule has 4 rings (SSSR count). The molecular formula is C15H18ClN5O3S. The van der Waals surface area contributed by atoms with Crippen LogP contribution in [-0.4, -0.2) is 66.3 Å². The summed E-state index contributed by atoms with van der Waals surface area (Å²) in [5, 5.41) is 0.465. The second-order valence-electron chi connectivity index (χ2n) is 6.71. The number of hydrogen-bond acceptors (Lipinski definition) is 7. The molecule has 0 aliphatic carbocycles.